The Balaban J connectivity index is 2.97. The van der Waals surface area contributed by atoms with Crippen molar-refractivity contribution in [2.75, 3.05) is 0 Å². The van der Waals surface area contributed by atoms with E-state index in [0.717, 1.165) is 5.56 Å². The first kappa shape index (κ1) is 12.7. The van der Waals surface area contributed by atoms with Crippen molar-refractivity contribution in [3.8, 4) is 24.7 Å². The van der Waals surface area contributed by atoms with E-state index in [4.69, 9.17) is 24.4 Å². The van der Waals surface area contributed by atoms with Gasteiger partial charge < -0.3 is 5.11 Å². The maximum atomic E-state index is 10.4. The van der Waals surface area contributed by atoms with Crippen molar-refractivity contribution in [1.82, 2.24) is 0 Å². The number of hydrogen-bond acceptors (Lipinski definition) is 1. The number of halogens is 1. The molecule has 2 heteroatoms. The molecule has 16 heavy (non-hydrogen) atoms. The lowest BCUT2D eigenvalue weighted by Crippen LogP contribution is -2.24. The first-order valence-corrected chi connectivity index (χ1v) is 5.35. The second kappa shape index (κ2) is 5.61. The zero-order valence-corrected chi connectivity index (χ0v) is 9.67. The Morgan fingerprint density at radius 3 is 2.31 bits per heavy atom. The normalized spacial score (nSPS) is 13.5. The van der Waals surface area contributed by atoms with Crippen LogP contribution in [0.15, 0.2) is 24.3 Å². The minimum absolute atomic E-state index is 0.246. The number of aliphatic hydroxyl groups is 1. The smallest absolute Gasteiger partial charge is 0.101 e. The van der Waals surface area contributed by atoms with E-state index in [2.05, 4.69) is 11.8 Å². The van der Waals surface area contributed by atoms with Crippen molar-refractivity contribution < 1.29 is 5.11 Å². The minimum atomic E-state index is -1.05. The van der Waals surface area contributed by atoms with E-state index >= 15 is 0 Å². The SMILES string of the molecule is C#CCCC(O)(CC#C)c1ccc(Cl)cc1. The molecule has 0 aliphatic carbocycles. The summed E-state index contributed by atoms with van der Waals surface area (Å²) in [7, 11) is 0. The molecule has 1 aromatic rings. The van der Waals surface area contributed by atoms with E-state index in [1.54, 1.807) is 24.3 Å². The zero-order chi connectivity index (χ0) is 12.0. The average molecular weight is 233 g/mol. The topological polar surface area (TPSA) is 20.2 Å². The van der Waals surface area contributed by atoms with Crippen molar-refractivity contribution in [2.45, 2.75) is 24.9 Å². The van der Waals surface area contributed by atoms with Gasteiger partial charge in [0.1, 0.15) is 5.60 Å². The molecule has 1 atom stereocenters. The molecule has 0 spiro atoms. The average Bonchev–Trinajstić information content (AvgIpc) is 2.27. The van der Waals surface area contributed by atoms with Crippen LogP contribution >= 0.6 is 11.6 Å². The highest BCUT2D eigenvalue weighted by atomic mass is 35.5. The molecule has 0 fully saturated rings. The van der Waals surface area contributed by atoms with Gasteiger partial charge in [-0.05, 0) is 24.1 Å². The lowest BCUT2D eigenvalue weighted by atomic mass is 9.86. The van der Waals surface area contributed by atoms with E-state index in [1.165, 1.54) is 0 Å². The monoisotopic (exact) mass is 232 g/mol. The van der Waals surface area contributed by atoms with Crippen molar-refractivity contribution in [3.63, 3.8) is 0 Å². The summed E-state index contributed by atoms with van der Waals surface area (Å²) in [5.41, 5.74) is -0.295. The molecule has 0 saturated heterocycles. The maximum Gasteiger partial charge on any atom is 0.101 e. The van der Waals surface area contributed by atoms with Gasteiger partial charge in [-0.1, -0.05) is 23.7 Å². The van der Waals surface area contributed by atoms with Crippen LogP contribution < -0.4 is 0 Å². The summed E-state index contributed by atoms with van der Waals surface area (Å²) < 4.78 is 0. The lowest BCUT2D eigenvalue weighted by Gasteiger charge is -2.26. The lowest BCUT2D eigenvalue weighted by molar-refractivity contribution is 0.0343. The van der Waals surface area contributed by atoms with E-state index in [0.29, 0.717) is 17.9 Å². The fourth-order valence-electron chi connectivity index (χ4n) is 1.54. The Labute approximate surface area is 101 Å². The highest BCUT2D eigenvalue weighted by Gasteiger charge is 2.27. The van der Waals surface area contributed by atoms with Gasteiger partial charge in [0.15, 0.2) is 0 Å². The summed E-state index contributed by atoms with van der Waals surface area (Å²) in [4.78, 5) is 0. The summed E-state index contributed by atoms with van der Waals surface area (Å²) in [5.74, 6) is 4.99. The standard InChI is InChI=1S/C14H13ClO/c1-3-5-11-14(16,10-4-2)12-6-8-13(15)9-7-12/h1-2,6-9,16H,5,10-11H2. The number of hydrogen-bond donors (Lipinski definition) is 1. The van der Waals surface area contributed by atoms with Gasteiger partial charge in [0, 0.05) is 17.9 Å². The molecule has 0 bridgehead atoms. The molecule has 1 N–H and O–H groups in total. The van der Waals surface area contributed by atoms with Gasteiger partial charge in [-0.3, -0.25) is 0 Å². The van der Waals surface area contributed by atoms with Gasteiger partial charge in [-0.25, -0.2) is 0 Å². The van der Waals surface area contributed by atoms with Gasteiger partial charge in [0.25, 0.3) is 0 Å². The molecule has 0 aliphatic heterocycles. The molecular weight excluding hydrogens is 220 g/mol. The predicted octanol–water partition coefficient (Wildman–Crippen LogP) is 2.96. The van der Waals surface area contributed by atoms with Crippen LogP contribution in [0.1, 0.15) is 24.8 Å². The number of benzene rings is 1. The van der Waals surface area contributed by atoms with Crippen LogP contribution in [-0.4, -0.2) is 5.11 Å². The quantitative estimate of drug-likeness (QED) is 0.792. The number of rotatable bonds is 4. The first-order valence-electron chi connectivity index (χ1n) is 4.98. The molecule has 0 aliphatic rings. The van der Waals surface area contributed by atoms with Crippen LogP contribution in [0, 0.1) is 24.7 Å². The summed E-state index contributed by atoms with van der Waals surface area (Å²) in [6, 6.07) is 7.01. The van der Waals surface area contributed by atoms with E-state index in [1.807, 2.05) is 0 Å². The molecule has 1 nitrogen and oxygen atoms in total. The largest absolute Gasteiger partial charge is 0.384 e. The third-order valence-corrected chi connectivity index (χ3v) is 2.71. The van der Waals surface area contributed by atoms with E-state index in [9.17, 15) is 5.11 Å². The van der Waals surface area contributed by atoms with Crippen LogP contribution in [0.25, 0.3) is 0 Å². The molecule has 0 amide bonds. The fourth-order valence-corrected chi connectivity index (χ4v) is 1.67. The van der Waals surface area contributed by atoms with Crippen LogP contribution in [0.3, 0.4) is 0 Å². The second-order valence-corrected chi connectivity index (χ2v) is 4.06. The van der Waals surface area contributed by atoms with Crippen molar-refractivity contribution in [1.29, 1.82) is 0 Å². The predicted molar refractivity (Wildman–Crippen MR) is 66.9 cm³/mol. The van der Waals surface area contributed by atoms with Gasteiger partial charge in [0.05, 0.1) is 0 Å². The highest BCUT2D eigenvalue weighted by Crippen LogP contribution is 2.30. The second-order valence-electron chi connectivity index (χ2n) is 3.62. The van der Waals surface area contributed by atoms with E-state index in [-0.39, 0.29) is 6.42 Å². The van der Waals surface area contributed by atoms with E-state index < -0.39 is 5.60 Å². The Bertz CT molecular complexity index is 422. The van der Waals surface area contributed by atoms with Crippen LogP contribution in [-0.2, 0) is 5.60 Å². The Morgan fingerprint density at radius 1 is 1.19 bits per heavy atom. The maximum absolute atomic E-state index is 10.4. The summed E-state index contributed by atoms with van der Waals surface area (Å²) in [5, 5.41) is 11.1. The number of terminal acetylenes is 2. The van der Waals surface area contributed by atoms with Crippen LogP contribution in [0.2, 0.25) is 5.02 Å². The third-order valence-electron chi connectivity index (χ3n) is 2.46. The fraction of sp³-hybridized carbons (Fsp3) is 0.286. The Kier molecular flexibility index (Phi) is 4.44. The minimum Gasteiger partial charge on any atom is -0.384 e. The zero-order valence-electron chi connectivity index (χ0n) is 8.91. The van der Waals surface area contributed by atoms with Gasteiger partial charge in [0.2, 0.25) is 0 Å². The molecule has 0 heterocycles. The van der Waals surface area contributed by atoms with Crippen LogP contribution in [0.4, 0.5) is 0 Å². The van der Waals surface area contributed by atoms with Gasteiger partial charge >= 0.3 is 0 Å². The Morgan fingerprint density at radius 2 is 1.81 bits per heavy atom. The van der Waals surface area contributed by atoms with Crippen molar-refractivity contribution >= 4 is 11.6 Å². The molecule has 0 aromatic heterocycles. The van der Waals surface area contributed by atoms with Gasteiger partial charge in [-0.2, -0.15) is 0 Å². The summed E-state index contributed by atoms with van der Waals surface area (Å²) in [6.45, 7) is 0. The highest BCUT2D eigenvalue weighted by molar-refractivity contribution is 6.30. The molecule has 0 radical (unpaired) electrons. The Hall–Kier alpha value is -1.41. The summed E-state index contributed by atoms with van der Waals surface area (Å²) >= 11 is 5.79. The molecular formula is C14H13ClO. The molecule has 1 aromatic carbocycles. The van der Waals surface area contributed by atoms with Gasteiger partial charge in [-0.15, -0.1) is 24.7 Å². The molecule has 1 unspecified atom stereocenters. The first-order chi connectivity index (χ1) is 7.62. The summed E-state index contributed by atoms with van der Waals surface area (Å²) in [6.07, 6.45) is 11.7. The molecule has 82 valence electrons. The molecule has 1 rings (SSSR count). The third kappa shape index (κ3) is 3.04. The van der Waals surface area contributed by atoms with Crippen molar-refractivity contribution in [2.24, 2.45) is 0 Å². The van der Waals surface area contributed by atoms with Crippen molar-refractivity contribution in [3.05, 3.63) is 34.9 Å². The molecule has 0 saturated carbocycles. The van der Waals surface area contributed by atoms with Crippen LogP contribution in [0.5, 0.6) is 0 Å².